The second kappa shape index (κ2) is 6.61. The van der Waals surface area contributed by atoms with Crippen molar-refractivity contribution in [2.24, 2.45) is 5.84 Å². The minimum Gasteiger partial charge on any atom is -0.323 e. The van der Waals surface area contributed by atoms with Crippen LogP contribution in [0.4, 0.5) is 5.69 Å². The lowest BCUT2D eigenvalue weighted by molar-refractivity contribution is 0.275. The van der Waals surface area contributed by atoms with Crippen molar-refractivity contribution in [3.63, 3.8) is 0 Å². The van der Waals surface area contributed by atoms with Gasteiger partial charge in [-0.2, -0.15) is 10.5 Å². The minimum absolute atomic E-state index is 0.280. The second-order valence-electron chi connectivity index (χ2n) is 2.61. The van der Waals surface area contributed by atoms with Gasteiger partial charge in [0.25, 0.3) is 0 Å². The van der Waals surface area contributed by atoms with E-state index in [2.05, 4.69) is 5.43 Å². The molecule has 9 heteroatoms. The van der Waals surface area contributed by atoms with Gasteiger partial charge in [0.15, 0.2) is 0 Å². The fourth-order valence-corrected chi connectivity index (χ4v) is 0.886. The smallest absolute Gasteiger partial charge is 0.323 e. The molecule has 1 rings (SSSR count). The van der Waals surface area contributed by atoms with Gasteiger partial charge in [-0.15, -0.1) is 0 Å². The van der Waals surface area contributed by atoms with Crippen molar-refractivity contribution < 1.29 is 19.2 Å². The molecule has 0 radical (unpaired) electrons. The van der Waals surface area contributed by atoms with Crippen molar-refractivity contribution in [1.82, 2.24) is 0 Å². The van der Waals surface area contributed by atoms with Crippen molar-refractivity contribution >= 4 is 13.5 Å². The maximum atomic E-state index is 8.88. The molecule has 6 N–H and O–H groups in total. The highest BCUT2D eigenvalue weighted by Gasteiger charge is 2.04. The number of nitriles is 2. The number of nitrogens with two attached hydrogens (primary N) is 1. The fourth-order valence-electron chi connectivity index (χ4n) is 0.886. The van der Waals surface area contributed by atoms with Crippen LogP contribution in [0.25, 0.3) is 0 Å². The Hall–Kier alpha value is -1.93. The predicted octanol–water partition coefficient (Wildman–Crippen LogP) is -0.213. The Bertz CT molecular complexity index is 505. The molecule has 0 aliphatic carbocycles. The number of hydrogen-bond donors (Lipinski definition) is 5. The van der Waals surface area contributed by atoms with Gasteiger partial charge in [-0.05, 0) is 12.1 Å². The van der Waals surface area contributed by atoms with E-state index < -0.39 is 7.82 Å². The number of phosphoric acid groups is 1. The molecule has 1 aromatic carbocycles. The van der Waals surface area contributed by atoms with E-state index in [4.69, 9.17) is 35.6 Å². The van der Waals surface area contributed by atoms with Crippen LogP contribution in [-0.2, 0) is 4.57 Å². The highest BCUT2D eigenvalue weighted by molar-refractivity contribution is 7.45. The first-order valence-corrected chi connectivity index (χ1v) is 5.58. The molecule has 0 saturated carbocycles. The minimum atomic E-state index is -4.64. The Morgan fingerprint density at radius 3 is 2.12 bits per heavy atom. The summed E-state index contributed by atoms with van der Waals surface area (Å²) in [4.78, 5) is 21.6. The lowest BCUT2D eigenvalue weighted by Crippen LogP contribution is -2.08. The lowest BCUT2D eigenvalue weighted by atomic mass is 10.1. The van der Waals surface area contributed by atoms with Crippen molar-refractivity contribution in [3.05, 3.63) is 29.3 Å². The first kappa shape index (κ1) is 15.1. The predicted molar refractivity (Wildman–Crippen MR) is 57.9 cm³/mol. The Labute approximate surface area is 96.7 Å². The van der Waals surface area contributed by atoms with E-state index in [0.29, 0.717) is 11.3 Å². The van der Waals surface area contributed by atoms with Crippen molar-refractivity contribution in [3.8, 4) is 12.1 Å². The molecule has 1 aromatic rings. The summed E-state index contributed by atoms with van der Waals surface area (Å²) >= 11 is 0. The maximum Gasteiger partial charge on any atom is 0.466 e. The van der Waals surface area contributed by atoms with E-state index >= 15 is 0 Å². The average molecular weight is 256 g/mol. The molecule has 8 nitrogen and oxygen atoms in total. The molecule has 17 heavy (non-hydrogen) atoms. The summed E-state index contributed by atoms with van der Waals surface area (Å²) in [6, 6.07) is 8.67. The third-order valence-corrected chi connectivity index (χ3v) is 1.45. The third-order valence-electron chi connectivity index (χ3n) is 1.45. The summed E-state index contributed by atoms with van der Waals surface area (Å²) in [5.41, 5.74) is 3.42. The second-order valence-corrected chi connectivity index (χ2v) is 3.64. The van der Waals surface area contributed by atoms with Gasteiger partial charge in [0.2, 0.25) is 0 Å². The summed E-state index contributed by atoms with van der Waals surface area (Å²) in [5.74, 6) is 5.14. The topological polar surface area (TPSA) is 163 Å². The van der Waals surface area contributed by atoms with E-state index in [9.17, 15) is 0 Å². The van der Waals surface area contributed by atoms with Crippen LogP contribution in [0.2, 0.25) is 0 Å². The molecule has 90 valence electrons. The van der Waals surface area contributed by atoms with Crippen LogP contribution < -0.4 is 11.3 Å². The van der Waals surface area contributed by atoms with Gasteiger partial charge in [-0.1, -0.05) is 6.07 Å². The molecule has 0 aliphatic rings. The van der Waals surface area contributed by atoms with Crippen LogP contribution in [0.3, 0.4) is 0 Å². The Balaban J connectivity index is 0.000000437. The molecule has 0 fully saturated rings. The third kappa shape index (κ3) is 6.28. The summed E-state index contributed by atoms with van der Waals surface area (Å²) < 4.78 is 8.88. The van der Waals surface area contributed by atoms with E-state index in [1.54, 1.807) is 18.2 Å². The molecule has 0 bridgehead atoms. The Kier molecular flexibility index (Phi) is 5.86. The molecule has 0 amide bonds. The SMILES string of the molecule is N#Cc1cccc(NN)c1C#N.O=P(O)(O)O. The van der Waals surface area contributed by atoms with Crippen LogP contribution >= 0.6 is 7.82 Å². The van der Waals surface area contributed by atoms with Gasteiger partial charge in [-0.3, -0.25) is 5.84 Å². The molecule has 0 saturated heterocycles. The Morgan fingerprint density at radius 1 is 1.24 bits per heavy atom. The molecule has 0 aliphatic heterocycles. The number of hydrazine groups is 1. The van der Waals surface area contributed by atoms with Crippen LogP contribution in [0, 0.1) is 22.7 Å². The largest absolute Gasteiger partial charge is 0.466 e. The molecule has 0 heterocycles. The molecular weight excluding hydrogens is 247 g/mol. The molecule has 0 atom stereocenters. The zero-order chi connectivity index (χ0) is 13.5. The zero-order valence-electron chi connectivity index (χ0n) is 8.40. The summed E-state index contributed by atoms with van der Waals surface area (Å²) in [7, 11) is -4.64. The molecule has 0 spiro atoms. The number of nitrogens with one attached hydrogen (secondary N) is 1. The number of anilines is 1. The number of hydrogen-bond acceptors (Lipinski definition) is 5. The van der Waals surface area contributed by atoms with E-state index in [0.717, 1.165) is 0 Å². The number of rotatable bonds is 1. The van der Waals surface area contributed by atoms with Gasteiger partial charge in [-0.25, -0.2) is 4.57 Å². The van der Waals surface area contributed by atoms with Crippen molar-refractivity contribution in [2.75, 3.05) is 5.43 Å². The fraction of sp³-hybridized carbons (Fsp3) is 0. The van der Waals surface area contributed by atoms with Gasteiger partial charge >= 0.3 is 7.82 Å². The quantitative estimate of drug-likeness (QED) is 0.261. The first-order chi connectivity index (χ1) is 7.83. The normalized spacial score (nSPS) is 9.29. The average Bonchev–Trinajstić information content (AvgIpc) is 2.25. The van der Waals surface area contributed by atoms with E-state index in [-0.39, 0.29) is 5.56 Å². The van der Waals surface area contributed by atoms with Crippen LogP contribution in [0.1, 0.15) is 11.1 Å². The lowest BCUT2D eigenvalue weighted by Gasteiger charge is -2.02. The van der Waals surface area contributed by atoms with E-state index in [1.165, 1.54) is 0 Å². The van der Waals surface area contributed by atoms with Crippen LogP contribution in [-0.4, -0.2) is 14.7 Å². The maximum absolute atomic E-state index is 8.88. The van der Waals surface area contributed by atoms with Crippen LogP contribution in [0.5, 0.6) is 0 Å². The number of nitrogens with zero attached hydrogens (tertiary/aromatic N) is 2. The molecule has 0 aromatic heterocycles. The molecule has 0 unspecified atom stereocenters. The standard InChI is InChI=1S/C8H6N4.H3O4P/c9-4-6-2-1-3-8(12-11)7(6)5-10;1-5(2,3)4/h1-3,12H,11H2;(H3,1,2,3,4). The van der Waals surface area contributed by atoms with Gasteiger partial charge in [0.05, 0.1) is 16.8 Å². The monoisotopic (exact) mass is 256 g/mol. The zero-order valence-corrected chi connectivity index (χ0v) is 9.30. The summed E-state index contributed by atoms with van der Waals surface area (Å²) in [6.07, 6.45) is 0. The Morgan fingerprint density at radius 2 is 1.76 bits per heavy atom. The van der Waals surface area contributed by atoms with Crippen molar-refractivity contribution in [2.45, 2.75) is 0 Å². The highest BCUT2D eigenvalue weighted by Crippen LogP contribution is 2.25. The van der Waals surface area contributed by atoms with Gasteiger partial charge in [0.1, 0.15) is 12.1 Å². The summed E-state index contributed by atoms with van der Waals surface area (Å²) in [5, 5.41) is 17.3. The number of nitrogen functional groups attached to an aromatic ring is 1. The van der Waals surface area contributed by atoms with E-state index in [1.807, 2.05) is 12.1 Å². The highest BCUT2D eigenvalue weighted by atomic mass is 31.2. The van der Waals surface area contributed by atoms with Crippen molar-refractivity contribution in [1.29, 1.82) is 10.5 Å². The number of benzene rings is 1. The summed E-state index contributed by atoms with van der Waals surface area (Å²) in [6.45, 7) is 0. The van der Waals surface area contributed by atoms with Gasteiger partial charge < -0.3 is 20.1 Å². The van der Waals surface area contributed by atoms with Crippen LogP contribution in [0.15, 0.2) is 18.2 Å². The molecular formula is C8H9N4O4P. The van der Waals surface area contributed by atoms with Gasteiger partial charge in [0, 0.05) is 0 Å². The first-order valence-electron chi connectivity index (χ1n) is 4.01.